The zero-order valence-electron chi connectivity index (χ0n) is 22.8. The van der Waals surface area contributed by atoms with Gasteiger partial charge in [-0.05, 0) is 71.3 Å². The number of rotatable bonds is 6. The predicted octanol–water partition coefficient (Wildman–Crippen LogP) is 7.85. The van der Waals surface area contributed by atoms with Crippen molar-refractivity contribution in [3.05, 3.63) is 84.0 Å². The van der Waals surface area contributed by atoms with Crippen LogP contribution in [0.3, 0.4) is 0 Å². The summed E-state index contributed by atoms with van der Waals surface area (Å²) in [6, 6.07) is 19.4. The number of furan rings is 1. The van der Waals surface area contributed by atoms with E-state index in [4.69, 9.17) is 20.4 Å². The molecule has 2 aromatic heterocycles. The highest BCUT2D eigenvalue weighted by Gasteiger charge is 2.22. The van der Waals surface area contributed by atoms with Crippen molar-refractivity contribution >= 4 is 33.7 Å². The smallest absolute Gasteiger partial charge is 0.255 e. The number of fused-ring (bicyclic) bond motifs is 1. The van der Waals surface area contributed by atoms with Crippen LogP contribution >= 0.6 is 11.6 Å². The molecule has 0 atom stereocenters. The highest BCUT2D eigenvalue weighted by Crippen LogP contribution is 2.37. The van der Waals surface area contributed by atoms with E-state index in [-0.39, 0.29) is 28.8 Å². The van der Waals surface area contributed by atoms with Gasteiger partial charge >= 0.3 is 0 Å². The quantitative estimate of drug-likeness (QED) is 0.212. The van der Waals surface area contributed by atoms with Crippen molar-refractivity contribution in [2.45, 2.75) is 33.6 Å². The zero-order valence-corrected chi connectivity index (χ0v) is 23.5. The van der Waals surface area contributed by atoms with E-state index < -0.39 is 0 Å². The minimum absolute atomic E-state index is 0.0216. The molecule has 0 radical (unpaired) electrons. The van der Waals surface area contributed by atoms with Crippen molar-refractivity contribution in [3.63, 3.8) is 0 Å². The molecular formula is C31H29ClFN3O4. The normalized spacial score (nSPS) is 11.0. The van der Waals surface area contributed by atoms with Crippen LogP contribution in [-0.4, -0.2) is 28.4 Å². The molecule has 40 heavy (non-hydrogen) atoms. The van der Waals surface area contributed by atoms with Crippen molar-refractivity contribution in [1.82, 2.24) is 15.5 Å². The number of aromatic nitrogens is 2. The van der Waals surface area contributed by atoms with E-state index in [0.717, 1.165) is 16.7 Å². The standard InChI is InChI=1S/C27H22FN3O3.C4H7ClO/c1-15(2)26-30-31-27(34-26)19-6-4-5-17(13-19)18-9-12-22-21(14-18)23(25(32)29-3)24(33-22)16-7-10-20(28)11-8-16;1-3(2)4(5)6/h4-15H,1-3H3,(H,29,32);3H,1-2H3. The van der Waals surface area contributed by atoms with Gasteiger partial charge in [-0.2, -0.15) is 0 Å². The van der Waals surface area contributed by atoms with Gasteiger partial charge in [-0.15, -0.1) is 10.2 Å². The lowest BCUT2D eigenvalue weighted by molar-refractivity contribution is -0.114. The fraction of sp³-hybridized carbons (Fsp3) is 0.226. The molecule has 0 aliphatic heterocycles. The second-order valence-corrected chi connectivity index (χ2v) is 10.1. The molecule has 5 rings (SSSR count). The molecule has 0 fully saturated rings. The Morgan fingerprint density at radius 3 is 2.08 bits per heavy atom. The third-order valence-electron chi connectivity index (χ3n) is 6.08. The summed E-state index contributed by atoms with van der Waals surface area (Å²) in [5.41, 5.74) is 4.22. The molecule has 0 saturated heterocycles. The number of amides is 1. The molecule has 7 nitrogen and oxygen atoms in total. The minimum Gasteiger partial charge on any atom is -0.455 e. The highest BCUT2D eigenvalue weighted by atomic mass is 35.5. The summed E-state index contributed by atoms with van der Waals surface area (Å²) in [5.74, 6) is 0.926. The van der Waals surface area contributed by atoms with Crippen molar-refractivity contribution in [2.24, 2.45) is 5.92 Å². The number of nitrogens with zero attached hydrogens (tertiary/aromatic N) is 2. The van der Waals surface area contributed by atoms with Crippen LogP contribution in [0.5, 0.6) is 0 Å². The van der Waals surface area contributed by atoms with Gasteiger partial charge in [-0.3, -0.25) is 9.59 Å². The van der Waals surface area contributed by atoms with Gasteiger partial charge < -0.3 is 14.2 Å². The van der Waals surface area contributed by atoms with Gasteiger partial charge in [0.05, 0.1) is 5.56 Å². The Hall–Kier alpha value is -4.30. The Kier molecular flexibility index (Phi) is 8.80. The van der Waals surface area contributed by atoms with Gasteiger partial charge in [-0.25, -0.2) is 4.39 Å². The van der Waals surface area contributed by atoms with E-state index >= 15 is 0 Å². The summed E-state index contributed by atoms with van der Waals surface area (Å²) in [6.07, 6.45) is 0. The Morgan fingerprint density at radius 2 is 1.48 bits per heavy atom. The second kappa shape index (κ2) is 12.3. The van der Waals surface area contributed by atoms with E-state index in [1.54, 1.807) is 33.0 Å². The fourth-order valence-corrected chi connectivity index (χ4v) is 3.85. The largest absolute Gasteiger partial charge is 0.455 e. The van der Waals surface area contributed by atoms with Crippen LogP contribution in [0.25, 0.3) is 44.9 Å². The van der Waals surface area contributed by atoms with Crippen LogP contribution in [0.15, 0.2) is 75.6 Å². The molecule has 0 aliphatic carbocycles. The lowest BCUT2D eigenvalue weighted by Gasteiger charge is -2.05. The van der Waals surface area contributed by atoms with E-state index in [0.29, 0.717) is 39.6 Å². The lowest BCUT2D eigenvalue weighted by atomic mass is 9.99. The van der Waals surface area contributed by atoms with Gasteiger partial charge in [0, 0.05) is 35.4 Å². The number of halogens is 2. The molecule has 1 N–H and O–H groups in total. The first kappa shape index (κ1) is 28.7. The Labute approximate surface area is 236 Å². The Balaban J connectivity index is 0.000000557. The maximum absolute atomic E-state index is 13.4. The summed E-state index contributed by atoms with van der Waals surface area (Å²) in [6.45, 7) is 7.51. The van der Waals surface area contributed by atoms with E-state index in [1.807, 2.05) is 56.3 Å². The summed E-state index contributed by atoms with van der Waals surface area (Å²) < 4.78 is 25.3. The second-order valence-electron chi connectivity index (χ2n) is 9.74. The van der Waals surface area contributed by atoms with Crippen LogP contribution in [0.4, 0.5) is 4.39 Å². The van der Waals surface area contributed by atoms with Gasteiger partial charge in [-0.1, -0.05) is 45.9 Å². The van der Waals surface area contributed by atoms with Crippen molar-refractivity contribution in [3.8, 4) is 33.9 Å². The molecule has 0 saturated carbocycles. The van der Waals surface area contributed by atoms with Crippen LogP contribution in [-0.2, 0) is 4.79 Å². The first-order valence-electron chi connectivity index (χ1n) is 12.8. The Morgan fingerprint density at radius 1 is 0.850 bits per heavy atom. The molecule has 0 aliphatic rings. The Bertz CT molecular complexity index is 1660. The van der Waals surface area contributed by atoms with Gasteiger partial charge in [0.25, 0.3) is 5.91 Å². The number of nitrogens with one attached hydrogen (secondary N) is 1. The average Bonchev–Trinajstić information content (AvgIpc) is 3.59. The molecule has 0 spiro atoms. The lowest BCUT2D eigenvalue weighted by Crippen LogP contribution is -2.18. The summed E-state index contributed by atoms with van der Waals surface area (Å²) in [4.78, 5) is 22.7. The molecule has 0 unspecified atom stereocenters. The van der Waals surface area contributed by atoms with E-state index in [2.05, 4.69) is 15.5 Å². The zero-order chi connectivity index (χ0) is 29.0. The van der Waals surface area contributed by atoms with Gasteiger partial charge in [0.2, 0.25) is 17.0 Å². The number of carbonyl (C=O) groups is 2. The van der Waals surface area contributed by atoms with Crippen LogP contribution in [0, 0.1) is 11.7 Å². The van der Waals surface area contributed by atoms with Crippen LogP contribution in [0.1, 0.15) is 49.9 Å². The third-order valence-corrected chi connectivity index (χ3v) is 6.52. The molecule has 5 aromatic rings. The molecule has 206 valence electrons. The molecule has 3 aromatic carbocycles. The average molecular weight is 562 g/mol. The molecule has 2 heterocycles. The number of hydrogen-bond donors (Lipinski definition) is 1. The number of hydrogen-bond acceptors (Lipinski definition) is 6. The monoisotopic (exact) mass is 561 g/mol. The molecule has 0 bridgehead atoms. The van der Waals surface area contributed by atoms with E-state index in [1.165, 1.54) is 12.1 Å². The molecule has 9 heteroatoms. The minimum atomic E-state index is -0.356. The highest BCUT2D eigenvalue weighted by molar-refractivity contribution is 6.63. The topological polar surface area (TPSA) is 98.2 Å². The maximum Gasteiger partial charge on any atom is 0.255 e. The number of carbonyl (C=O) groups excluding carboxylic acids is 2. The summed E-state index contributed by atoms with van der Waals surface area (Å²) in [5, 5.41) is 11.4. The maximum atomic E-state index is 13.4. The first-order chi connectivity index (χ1) is 19.1. The first-order valence-corrected chi connectivity index (χ1v) is 13.1. The van der Waals surface area contributed by atoms with Crippen molar-refractivity contribution in [2.75, 3.05) is 7.05 Å². The predicted molar refractivity (Wildman–Crippen MR) is 154 cm³/mol. The number of benzene rings is 3. The van der Waals surface area contributed by atoms with Crippen molar-refractivity contribution < 1.29 is 22.8 Å². The molecular weight excluding hydrogens is 533 g/mol. The molecule has 1 amide bonds. The summed E-state index contributed by atoms with van der Waals surface area (Å²) >= 11 is 4.97. The SMILES string of the molecule is CC(C)C(=O)Cl.CNC(=O)c1c(-c2ccc(F)cc2)oc2ccc(-c3cccc(-c4nnc(C(C)C)o4)c3)cc12. The summed E-state index contributed by atoms with van der Waals surface area (Å²) in [7, 11) is 1.57. The van der Waals surface area contributed by atoms with E-state index in [9.17, 15) is 14.0 Å². The van der Waals surface area contributed by atoms with Crippen LogP contribution < -0.4 is 5.32 Å². The van der Waals surface area contributed by atoms with Crippen molar-refractivity contribution in [1.29, 1.82) is 0 Å². The van der Waals surface area contributed by atoms with Crippen LogP contribution in [0.2, 0.25) is 0 Å². The van der Waals surface area contributed by atoms with Gasteiger partial charge in [0.1, 0.15) is 17.2 Å². The van der Waals surface area contributed by atoms with Gasteiger partial charge in [0.15, 0.2) is 0 Å². The third kappa shape index (κ3) is 6.29. The fourth-order valence-electron chi connectivity index (χ4n) is 3.85.